The lowest BCUT2D eigenvalue weighted by Gasteiger charge is -2.34. The van der Waals surface area contributed by atoms with Crippen molar-refractivity contribution in [2.45, 2.75) is 58.2 Å². The van der Waals surface area contributed by atoms with Gasteiger partial charge in [-0.15, -0.1) is 0 Å². The molecule has 7 nitrogen and oxygen atoms in total. The molecule has 0 spiro atoms. The molecule has 2 heterocycles. The first kappa shape index (κ1) is 16.4. The SMILES string of the molecule is Cc1nc(C)n(CC2CN(C(=O)C[C@@H]3CCC[C@H]3N)CCO2)n1. The maximum absolute atomic E-state index is 12.5. The van der Waals surface area contributed by atoms with Crippen LogP contribution in [0.15, 0.2) is 0 Å². The quantitative estimate of drug-likeness (QED) is 0.879. The van der Waals surface area contributed by atoms with Crippen LogP contribution in [0.4, 0.5) is 0 Å². The van der Waals surface area contributed by atoms with E-state index in [1.165, 1.54) is 0 Å². The van der Waals surface area contributed by atoms with Gasteiger partial charge in [0.15, 0.2) is 0 Å². The number of nitrogens with zero attached hydrogens (tertiary/aromatic N) is 4. The minimum atomic E-state index is -0.0234. The highest BCUT2D eigenvalue weighted by Crippen LogP contribution is 2.27. The van der Waals surface area contributed by atoms with Gasteiger partial charge in [-0.05, 0) is 32.6 Å². The highest BCUT2D eigenvalue weighted by molar-refractivity contribution is 5.76. The molecule has 1 amide bonds. The first-order valence-electron chi connectivity index (χ1n) is 8.56. The van der Waals surface area contributed by atoms with Crippen molar-refractivity contribution in [3.8, 4) is 0 Å². The molecule has 2 fully saturated rings. The predicted octanol–water partition coefficient (Wildman–Crippen LogP) is 0.640. The monoisotopic (exact) mass is 321 g/mol. The topological polar surface area (TPSA) is 86.3 Å². The summed E-state index contributed by atoms with van der Waals surface area (Å²) in [5, 5.41) is 4.37. The highest BCUT2D eigenvalue weighted by atomic mass is 16.5. The van der Waals surface area contributed by atoms with Gasteiger partial charge < -0.3 is 15.4 Å². The fourth-order valence-corrected chi connectivity index (χ4v) is 3.66. The number of amides is 1. The molecule has 2 aliphatic rings. The molecule has 1 aromatic rings. The Morgan fingerprint density at radius 3 is 2.87 bits per heavy atom. The van der Waals surface area contributed by atoms with Crippen LogP contribution in [-0.2, 0) is 16.1 Å². The number of morpholine rings is 1. The van der Waals surface area contributed by atoms with Gasteiger partial charge in [0.05, 0.1) is 19.3 Å². The fourth-order valence-electron chi connectivity index (χ4n) is 3.66. The van der Waals surface area contributed by atoms with Crippen molar-refractivity contribution in [3.05, 3.63) is 11.6 Å². The average Bonchev–Trinajstić information content (AvgIpc) is 3.05. The average molecular weight is 321 g/mol. The van der Waals surface area contributed by atoms with Crippen molar-refractivity contribution in [1.82, 2.24) is 19.7 Å². The zero-order chi connectivity index (χ0) is 16.4. The summed E-state index contributed by atoms with van der Waals surface area (Å²) in [7, 11) is 0. The lowest BCUT2D eigenvalue weighted by molar-refractivity contribution is -0.140. The Morgan fingerprint density at radius 1 is 1.39 bits per heavy atom. The van der Waals surface area contributed by atoms with Crippen molar-refractivity contribution in [2.24, 2.45) is 11.7 Å². The van der Waals surface area contributed by atoms with E-state index in [1.54, 1.807) is 0 Å². The van der Waals surface area contributed by atoms with E-state index in [-0.39, 0.29) is 18.1 Å². The molecule has 23 heavy (non-hydrogen) atoms. The molecular formula is C16H27N5O2. The van der Waals surface area contributed by atoms with Crippen LogP contribution in [0.25, 0.3) is 0 Å². The molecule has 128 valence electrons. The molecule has 7 heteroatoms. The summed E-state index contributed by atoms with van der Waals surface area (Å²) in [6.45, 7) is 6.34. The van der Waals surface area contributed by atoms with Gasteiger partial charge in [-0.25, -0.2) is 9.67 Å². The Hall–Kier alpha value is -1.47. The lowest BCUT2D eigenvalue weighted by Crippen LogP contribution is -2.48. The third-order valence-corrected chi connectivity index (χ3v) is 4.99. The standard InChI is InChI=1S/C16H27N5O2/c1-11-18-12(2)21(19-11)10-14-9-20(6-7-23-14)16(22)8-13-4-3-5-15(13)17/h13-15H,3-10,17H2,1-2H3/t13-,14?,15+/m0/s1. The minimum Gasteiger partial charge on any atom is -0.373 e. The van der Waals surface area contributed by atoms with E-state index in [1.807, 2.05) is 23.4 Å². The number of ether oxygens (including phenoxy) is 1. The van der Waals surface area contributed by atoms with Gasteiger partial charge in [0.1, 0.15) is 11.6 Å². The predicted molar refractivity (Wildman–Crippen MR) is 85.7 cm³/mol. The summed E-state index contributed by atoms with van der Waals surface area (Å²) in [6, 6.07) is 0.191. The normalized spacial score (nSPS) is 28.3. The van der Waals surface area contributed by atoms with Crippen LogP contribution in [0.5, 0.6) is 0 Å². The molecule has 1 aliphatic carbocycles. The van der Waals surface area contributed by atoms with Gasteiger partial charge in [-0.2, -0.15) is 5.10 Å². The van der Waals surface area contributed by atoms with Gasteiger partial charge in [0, 0.05) is 25.6 Å². The molecule has 1 saturated carbocycles. The van der Waals surface area contributed by atoms with Crippen LogP contribution in [0.3, 0.4) is 0 Å². The van der Waals surface area contributed by atoms with E-state index < -0.39 is 0 Å². The molecule has 1 aliphatic heterocycles. The Morgan fingerprint density at radius 2 is 2.22 bits per heavy atom. The van der Waals surface area contributed by atoms with Crippen LogP contribution >= 0.6 is 0 Å². The number of hydrogen-bond acceptors (Lipinski definition) is 5. The third kappa shape index (κ3) is 3.90. The second kappa shape index (κ2) is 6.97. The van der Waals surface area contributed by atoms with Gasteiger partial charge >= 0.3 is 0 Å². The Kier molecular flexibility index (Phi) is 4.96. The lowest BCUT2D eigenvalue weighted by atomic mass is 9.99. The molecular weight excluding hydrogens is 294 g/mol. The number of hydrogen-bond donors (Lipinski definition) is 1. The van der Waals surface area contributed by atoms with E-state index in [9.17, 15) is 4.79 Å². The van der Waals surface area contributed by atoms with Crippen LogP contribution in [0.2, 0.25) is 0 Å². The van der Waals surface area contributed by atoms with E-state index in [0.29, 0.717) is 38.6 Å². The van der Waals surface area contributed by atoms with Gasteiger partial charge in [-0.3, -0.25) is 4.79 Å². The largest absolute Gasteiger partial charge is 0.373 e. The first-order chi connectivity index (χ1) is 11.0. The highest BCUT2D eigenvalue weighted by Gasteiger charge is 2.30. The molecule has 2 N–H and O–H groups in total. The molecule has 1 saturated heterocycles. The Bertz CT molecular complexity index is 559. The van der Waals surface area contributed by atoms with Crippen LogP contribution < -0.4 is 5.73 Å². The summed E-state index contributed by atoms with van der Waals surface area (Å²) >= 11 is 0. The number of carbonyl (C=O) groups excluding carboxylic acids is 1. The van der Waals surface area contributed by atoms with E-state index >= 15 is 0 Å². The number of aromatic nitrogens is 3. The Labute approximate surface area is 137 Å². The number of rotatable bonds is 4. The second-order valence-electron chi connectivity index (χ2n) is 6.78. The fraction of sp³-hybridized carbons (Fsp3) is 0.812. The smallest absolute Gasteiger partial charge is 0.223 e. The molecule has 1 aromatic heterocycles. The van der Waals surface area contributed by atoms with Gasteiger partial charge in [0.25, 0.3) is 0 Å². The van der Waals surface area contributed by atoms with Crippen molar-refractivity contribution < 1.29 is 9.53 Å². The van der Waals surface area contributed by atoms with Crippen LogP contribution in [0, 0.1) is 19.8 Å². The van der Waals surface area contributed by atoms with E-state index in [2.05, 4.69) is 10.1 Å². The summed E-state index contributed by atoms with van der Waals surface area (Å²) in [6.07, 6.45) is 3.84. The number of nitrogens with two attached hydrogens (primary N) is 1. The van der Waals surface area contributed by atoms with Gasteiger partial charge in [-0.1, -0.05) is 6.42 Å². The summed E-state index contributed by atoms with van der Waals surface area (Å²) in [5.74, 6) is 2.21. The van der Waals surface area contributed by atoms with E-state index in [0.717, 1.165) is 30.9 Å². The summed E-state index contributed by atoms with van der Waals surface area (Å²) < 4.78 is 7.67. The molecule has 1 unspecified atom stereocenters. The zero-order valence-corrected chi connectivity index (χ0v) is 14.1. The van der Waals surface area contributed by atoms with Crippen LogP contribution in [-0.4, -0.2) is 57.4 Å². The zero-order valence-electron chi connectivity index (χ0n) is 14.1. The van der Waals surface area contributed by atoms with Crippen molar-refractivity contribution in [2.75, 3.05) is 19.7 Å². The summed E-state index contributed by atoms with van der Waals surface area (Å²) in [5.41, 5.74) is 6.09. The van der Waals surface area contributed by atoms with Crippen molar-refractivity contribution in [3.63, 3.8) is 0 Å². The molecule has 3 atom stereocenters. The summed E-state index contributed by atoms with van der Waals surface area (Å²) in [4.78, 5) is 18.8. The molecule has 3 rings (SSSR count). The van der Waals surface area contributed by atoms with Crippen molar-refractivity contribution in [1.29, 1.82) is 0 Å². The maximum atomic E-state index is 12.5. The molecule has 0 radical (unpaired) electrons. The van der Waals surface area contributed by atoms with E-state index in [4.69, 9.17) is 10.5 Å². The van der Waals surface area contributed by atoms with Crippen LogP contribution in [0.1, 0.15) is 37.3 Å². The van der Waals surface area contributed by atoms with Gasteiger partial charge in [0.2, 0.25) is 5.91 Å². The Balaban J connectivity index is 1.55. The number of carbonyl (C=O) groups is 1. The first-order valence-corrected chi connectivity index (χ1v) is 8.56. The molecule has 0 bridgehead atoms. The molecule has 0 aromatic carbocycles. The second-order valence-corrected chi connectivity index (χ2v) is 6.78. The minimum absolute atomic E-state index is 0.0234. The number of aryl methyl sites for hydroxylation is 2. The third-order valence-electron chi connectivity index (χ3n) is 4.99. The van der Waals surface area contributed by atoms with Crippen molar-refractivity contribution >= 4 is 5.91 Å². The maximum Gasteiger partial charge on any atom is 0.223 e.